The van der Waals surface area contributed by atoms with Crippen LogP contribution in [-0.2, 0) is 6.42 Å². The average Bonchev–Trinajstić information content (AvgIpc) is 2.27. The minimum Gasteiger partial charge on any atom is -0.370 e. The Morgan fingerprint density at radius 2 is 1.89 bits per heavy atom. The second-order valence-corrected chi connectivity index (χ2v) is 5.46. The predicted molar refractivity (Wildman–Crippen MR) is 75.9 cm³/mol. The van der Waals surface area contributed by atoms with Crippen molar-refractivity contribution in [2.45, 2.75) is 41.0 Å². The van der Waals surface area contributed by atoms with Crippen molar-refractivity contribution in [1.29, 1.82) is 0 Å². The minimum atomic E-state index is -0.0880. The molecule has 0 bridgehead atoms. The maximum atomic E-state index is 11.4. The third kappa shape index (κ3) is 4.17. The maximum Gasteiger partial charge on any atom is 0.252 e. The Morgan fingerprint density at radius 1 is 1.28 bits per heavy atom. The van der Waals surface area contributed by atoms with Gasteiger partial charge in [-0.25, -0.2) is 4.98 Å². The van der Waals surface area contributed by atoms with Crippen molar-refractivity contribution in [3.63, 3.8) is 0 Å². The van der Waals surface area contributed by atoms with E-state index in [-0.39, 0.29) is 5.56 Å². The molecular weight excluding hydrogens is 226 g/mol. The lowest BCUT2D eigenvalue weighted by molar-refractivity contribution is 0.304. The summed E-state index contributed by atoms with van der Waals surface area (Å²) in [6, 6.07) is 1.52. The summed E-state index contributed by atoms with van der Waals surface area (Å²) in [6.07, 6.45) is 0.739. The summed E-state index contributed by atoms with van der Waals surface area (Å²) < 4.78 is 0. The average molecular weight is 251 g/mol. The molecule has 1 aromatic heterocycles. The number of aryl methyl sites for hydroxylation is 1. The summed E-state index contributed by atoms with van der Waals surface area (Å²) in [5.41, 5.74) is -0.0880. The molecule has 0 spiro atoms. The monoisotopic (exact) mass is 251 g/mol. The molecule has 0 aromatic carbocycles. The molecule has 1 rings (SSSR count). The van der Waals surface area contributed by atoms with Gasteiger partial charge >= 0.3 is 0 Å². The molecule has 102 valence electrons. The molecule has 0 atom stereocenters. The maximum absolute atomic E-state index is 11.4. The van der Waals surface area contributed by atoms with Gasteiger partial charge in [-0.15, -0.1) is 0 Å². The number of nitrogens with zero attached hydrogens (tertiary/aromatic N) is 1. The summed E-state index contributed by atoms with van der Waals surface area (Å²) in [7, 11) is 0. The van der Waals surface area contributed by atoms with Crippen molar-refractivity contribution in [2.75, 3.05) is 11.9 Å². The molecule has 4 heteroatoms. The number of hydrogen-bond acceptors (Lipinski definition) is 3. The minimum absolute atomic E-state index is 0.0880. The lowest BCUT2D eigenvalue weighted by Crippen LogP contribution is -2.25. The summed E-state index contributed by atoms with van der Waals surface area (Å²) in [6.45, 7) is 11.8. The molecule has 1 aromatic rings. The van der Waals surface area contributed by atoms with Crippen LogP contribution >= 0.6 is 0 Å². The zero-order valence-corrected chi connectivity index (χ0v) is 12.1. The van der Waals surface area contributed by atoms with E-state index < -0.39 is 0 Å². The van der Waals surface area contributed by atoms with Gasteiger partial charge in [-0.05, 0) is 17.8 Å². The van der Waals surface area contributed by atoms with Crippen molar-refractivity contribution in [2.24, 2.45) is 17.8 Å². The molecule has 0 aliphatic heterocycles. The molecule has 2 N–H and O–H groups in total. The fourth-order valence-electron chi connectivity index (χ4n) is 2.23. The number of rotatable bonds is 6. The molecule has 0 amide bonds. The lowest BCUT2D eigenvalue weighted by Gasteiger charge is -2.25. The number of aromatic amines is 1. The third-order valence-corrected chi connectivity index (χ3v) is 3.36. The Hall–Kier alpha value is -1.32. The van der Waals surface area contributed by atoms with Gasteiger partial charge in [-0.1, -0.05) is 34.6 Å². The number of hydrogen-bond donors (Lipinski definition) is 2. The number of nitrogens with one attached hydrogen (secondary N) is 2. The van der Waals surface area contributed by atoms with E-state index in [9.17, 15) is 4.79 Å². The Balaban J connectivity index is 2.73. The highest BCUT2D eigenvalue weighted by molar-refractivity contribution is 5.33. The van der Waals surface area contributed by atoms with Crippen LogP contribution in [0.1, 0.15) is 40.4 Å². The normalized spacial score (nSPS) is 11.6. The standard InChI is InChI=1S/C14H25N3O/c1-6-12-16-13(7-14(18)17-12)15-8-11(9(2)3)10(4)5/h7,9-11H,6,8H2,1-5H3,(H2,15,16,17,18). The second-order valence-electron chi connectivity index (χ2n) is 5.46. The van der Waals surface area contributed by atoms with E-state index in [0.717, 1.165) is 18.8 Å². The first-order valence-corrected chi connectivity index (χ1v) is 6.78. The van der Waals surface area contributed by atoms with Crippen LogP contribution < -0.4 is 10.9 Å². The molecule has 0 saturated heterocycles. The van der Waals surface area contributed by atoms with Crippen molar-refractivity contribution in [3.8, 4) is 0 Å². The van der Waals surface area contributed by atoms with E-state index in [4.69, 9.17) is 0 Å². The zero-order chi connectivity index (χ0) is 13.7. The first-order chi connectivity index (χ1) is 8.43. The summed E-state index contributed by atoms with van der Waals surface area (Å²) in [5.74, 6) is 3.23. The van der Waals surface area contributed by atoms with Crippen LogP contribution in [0, 0.1) is 17.8 Å². The highest BCUT2D eigenvalue weighted by Gasteiger charge is 2.17. The van der Waals surface area contributed by atoms with E-state index in [1.54, 1.807) is 0 Å². The molecule has 0 fully saturated rings. The summed E-state index contributed by atoms with van der Waals surface area (Å²) in [4.78, 5) is 18.5. The largest absolute Gasteiger partial charge is 0.370 e. The van der Waals surface area contributed by atoms with Crippen LogP contribution in [-0.4, -0.2) is 16.5 Å². The first kappa shape index (κ1) is 14.7. The fourth-order valence-corrected chi connectivity index (χ4v) is 2.23. The van der Waals surface area contributed by atoms with Gasteiger partial charge in [0.25, 0.3) is 5.56 Å². The first-order valence-electron chi connectivity index (χ1n) is 6.78. The number of anilines is 1. The van der Waals surface area contributed by atoms with Gasteiger partial charge in [0.1, 0.15) is 11.6 Å². The van der Waals surface area contributed by atoms with Crippen LogP contribution in [0.15, 0.2) is 10.9 Å². The Labute approximate surface area is 109 Å². The van der Waals surface area contributed by atoms with Gasteiger partial charge in [0.05, 0.1) is 0 Å². The van der Waals surface area contributed by atoms with Crippen LogP contribution in [0.3, 0.4) is 0 Å². The molecule has 0 aliphatic rings. The van der Waals surface area contributed by atoms with Gasteiger partial charge in [0, 0.05) is 19.0 Å². The zero-order valence-electron chi connectivity index (χ0n) is 12.1. The molecule has 0 unspecified atom stereocenters. The van der Waals surface area contributed by atoms with E-state index in [2.05, 4.69) is 43.0 Å². The van der Waals surface area contributed by atoms with Gasteiger partial charge in [0.2, 0.25) is 0 Å². The summed E-state index contributed by atoms with van der Waals surface area (Å²) in [5, 5.41) is 3.29. The molecule has 4 nitrogen and oxygen atoms in total. The Bertz CT molecular complexity index is 415. The van der Waals surface area contributed by atoms with E-state index in [0.29, 0.717) is 23.6 Å². The topological polar surface area (TPSA) is 57.8 Å². The number of H-pyrrole nitrogens is 1. The van der Waals surface area contributed by atoms with Crippen molar-refractivity contribution in [1.82, 2.24) is 9.97 Å². The molecule has 0 aliphatic carbocycles. The van der Waals surface area contributed by atoms with Gasteiger partial charge in [-0.2, -0.15) is 0 Å². The molecule has 0 saturated carbocycles. The van der Waals surface area contributed by atoms with E-state index >= 15 is 0 Å². The van der Waals surface area contributed by atoms with E-state index in [1.165, 1.54) is 6.07 Å². The number of aromatic nitrogens is 2. The summed E-state index contributed by atoms with van der Waals surface area (Å²) >= 11 is 0. The third-order valence-electron chi connectivity index (χ3n) is 3.36. The predicted octanol–water partition coefficient (Wildman–Crippen LogP) is 2.67. The Kier molecular flexibility index (Phi) is 5.38. The lowest BCUT2D eigenvalue weighted by atomic mass is 9.85. The highest BCUT2D eigenvalue weighted by atomic mass is 16.1. The van der Waals surface area contributed by atoms with Gasteiger partial charge in [0.15, 0.2) is 0 Å². The van der Waals surface area contributed by atoms with Crippen LogP contribution in [0.2, 0.25) is 0 Å². The van der Waals surface area contributed by atoms with Crippen LogP contribution in [0.5, 0.6) is 0 Å². The quantitative estimate of drug-likeness (QED) is 0.817. The molecule has 18 heavy (non-hydrogen) atoms. The smallest absolute Gasteiger partial charge is 0.252 e. The second kappa shape index (κ2) is 6.57. The van der Waals surface area contributed by atoms with Gasteiger partial charge < -0.3 is 10.3 Å². The van der Waals surface area contributed by atoms with Crippen LogP contribution in [0.4, 0.5) is 5.82 Å². The Morgan fingerprint density at radius 3 is 2.39 bits per heavy atom. The van der Waals surface area contributed by atoms with Crippen LogP contribution in [0.25, 0.3) is 0 Å². The molecular formula is C14H25N3O. The van der Waals surface area contributed by atoms with Crippen molar-refractivity contribution >= 4 is 5.82 Å². The molecule has 1 heterocycles. The fraction of sp³-hybridized carbons (Fsp3) is 0.714. The van der Waals surface area contributed by atoms with Crippen molar-refractivity contribution < 1.29 is 0 Å². The van der Waals surface area contributed by atoms with Crippen molar-refractivity contribution in [3.05, 3.63) is 22.2 Å². The van der Waals surface area contributed by atoms with Gasteiger partial charge in [-0.3, -0.25) is 4.79 Å². The van der Waals surface area contributed by atoms with E-state index in [1.807, 2.05) is 6.92 Å². The highest BCUT2D eigenvalue weighted by Crippen LogP contribution is 2.20. The molecule has 0 radical (unpaired) electrons. The SMILES string of the molecule is CCc1nc(NCC(C(C)C)C(C)C)cc(=O)[nH]1.